The Morgan fingerprint density at radius 1 is 1.08 bits per heavy atom. The van der Waals surface area contributed by atoms with Gasteiger partial charge in [0.15, 0.2) is 0 Å². The zero-order valence-electron chi connectivity index (χ0n) is 22.9. The number of rotatable bonds is 8. The number of hydrogen-bond donors (Lipinski definition) is 4. The van der Waals surface area contributed by atoms with Gasteiger partial charge in [-0.1, -0.05) is 45.9 Å². The van der Waals surface area contributed by atoms with Gasteiger partial charge in [0.05, 0.1) is 6.04 Å². The Kier molecular flexibility index (Phi) is 8.23. The minimum atomic E-state index is -0.445. The summed E-state index contributed by atoms with van der Waals surface area (Å²) >= 11 is 0. The molecule has 2 aliphatic rings. The van der Waals surface area contributed by atoms with Gasteiger partial charge in [-0.05, 0) is 77.6 Å². The monoisotopic (exact) mass is 519 g/mol. The number of fused-ring (bicyclic) bond motifs is 1. The Labute approximate surface area is 225 Å². The van der Waals surface area contributed by atoms with Crippen LogP contribution in [0.5, 0.6) is 0 Å². The number of nitrogens with zero attached hydrogens (tertiary/aromatic N) is 1. The molecule has 4 rings (SSSR count). The topological polar surface area (TPSA) is 131 Å². The molecule has 2 aromatic carbocycles. The number of piperidine rings is 1. The lowest BCUT2D eigenvalue weighted by Crippen LogP contribution is -2.56. The van der Waals surface area contributed by atoms with E-state index in [2.05, 4.69) is 49.3 Å². The third kappa shape index (κ3) is 5.92. The fraction of sp³-hybridized carbons (Fsp3) is 0.500. The number of nitrogens with one attached hydrogen (secondary N) is 2. The lowest BCUT2D eigenvalue weighted by Gasteiger charge is -2.46. The lowest BCUT2D eigenvalue weighted by atomic mass is 9.67. The summed E-state index contributed by atoms with van der Waals surface area (Å²) in [7, 11) is 0. The molecule has 3 amide bonds. The van der Waals surface area contributed by atoms with E-state index in [1.165, 1.54) is 0 Å². The quantitative estimate of drug-likeness (QED) is 0.425. The van der Waals surface area contributed by atoms with Crippen molar-refractivity contribution in [2.45, 2.75) is 64.6 Å². The second-order valence-electron chi connectivity index (χ2n) is 11.6. The largest absolute Gasteiger partial charge is 0.366 e. The maximum atomic E-state index is 13.3. The van der Waals surface area contributed by atoms with Crippen LogP contribution in [0.1, 0.15) is 71.5 Å². The molecule has 4 atom stereocenters. The smallest absolute Gasteiger partial charge is 0.248 e. The fourth-order valence-electron chi connectivity index (χ4n) is 5.78. The van der Waals surface area contributed by atoms with Gasteiger partial charge in [0.2, 0.25) is 17.7 Å². The van der Waals surface area contributed by atoms with Crippen LogP contribution in [0.3, 0.4) is 0 Å². The van der Waals surface area contributed by atoms with E-state index in [0.717, 1.165) is 42.7 Å². The van der Waals surface area contributed by atoms with Crippen molar-refractivity contribution < 1.29 is 14.4 Å². The molecule has 2 heterocycles. The number of carbonyl (C=O) groups excluding carboxylic acids is 3. The molecule has 6 N–H and O–H groups in total. The number of hydrogen-bond acceptors (Lipinski definition) is 5. The summed E-state index contributed by atoms with van der Waals surface area (Å²) in [5, 5.41) is 6.64. The lowest BCUT2D eigenvalue weighted by molar-refractivity contribution is -0.124. The Balaban J connectivity index is 1.37. The molecule has 0 aromatic heterocycles. The zero-order chi connectivity index (χ0) is 27.6. The highest BCUT2D eigenvalue weighted by Gasteiger charge is 2.39. The maximum absolute atomic E-state index is 13.3. The summed E-state index contributed by atoms with van der Waals surface area (Å²) in [6.45, 7) is 12.0. The van der Waals surface area contributed by atoms with Gasteiger partial charge in [-0.2, -0.15) is 0 Å². The molecule has 1 saturated heterocycles. The number of amides is 3. The van der Waals surface area contributed by atoms with E-state index in [4.69, 9.17) is 11.5 Å². The zero-order valence-corrected chi connectivity index (χ0v) is 22.9. The van der Waals surface area contributed by atoms with Crippen LogP contribution in [0.25, 0.3) is 0 Å². The van der Waals surface area contributed by atoms with Gasteiger partial charge in [0.1, 0.15) is 0 Å². The molecule has 0 aliphatic carbocycles. The predicted octanol–water partition coefficient (Wildman–Crippen LogP) is 2.34. The Morgan fingerprint density at radius 3 is 2.45 bits per heavy atom. The third-order valence-electron chi connectivity index (χ3n) is 8.73. The molecule has 2 aromatic rings. The molecule has 0 bridgehead atoms. The summed E-state index contributed by atoms with van der Waals surface area (Å²) in [4.78, 5) is 38.9. The van der Waals surface area contributed by atoms with Crippen LogP contribution in [0, 0.1) is 11.8 Å². The van der Waals surface area contributed by atoms with Crippen LogP contribution in [-0.4, -0.2) is 54.3 Å². The molecule has 0 unspecified atom stereocenters. The van der Waals surface area contributed by atoms with E-state index in [9.17, 15) is 14.4 Å². The Hall–Kier alpha value is -3.23. The van der Waals surface area contributed by atoms with Crippen LogP contribution in [0.2, 0.25) is 0 Å². The van der Waals surface area contributed by atoms with E-state index in [1.54, 1.807) is 12.1 Å². The van der Waals surface area contributed by atoms with Crippen LogP contribution in [-0.2, 0) is 23.2 Å². The SMILES string of the molecule is CC(C)[C@@H](CN1CC[C@@](C)(c2cccc(C(N)=O)c2)[C@@H](C)C1)NC(=O)[C@H]1Cc2ccc(C(N)=O)cc2CN1. The van der Waals surface area contributed by atoms with Crippen LogP contribution in [0.15, 0.2) is 42.5 Å². The number of benzene rings is 2. The van der Waals surface area contributed by atoms with Gasteiger partial charge in [0.25, 0.3) is 0 Å². The van der Waals surface area contributed by atoms with Gasteiger partial charge in [-0.15, -0.1) is 0 Å². The molecule has 0 saturated carbocycles. The highest BCUT2D eigenvalue weighted by Crippen LogP contribution is 2.39. The minimum absolute atomic E-state index is 0.00601. The summed E-state index contributed by atoms with van der Waals surface area (Å²) in [5.74, 6) is -0.193. The second kappa shape index (κ2) is 11.3. The summed E-state index contributed by atoms with van der Waals surface area (Å²) < 4.78 is 0. The molecule has 8 nitrogen and oxygen atoms in total. The van der Waals surface area contributed by atoms with Crippen LogP contribution in [0.4, 0.5) is 0 Å². The van der Waals surface area contributed by atoms with E-state index >= 15 is 0 Å². The molecule has 204 valence electrons. The van der Waals surface area contributed by atoms with Gasteiger partial charge in [-0.3, -0.25) is 14.4 Å². The molecular weight excluding hydrogens is 478 g/mol. The first-order valence-electron chi connectivity index (χ1n) is 13.6. The molecule has 0 radical (unpaired) electrons. The van der Waals surface area contributed by atoms with E-state index in [-0.39, 0.29) is 29.3 Å². The number of likely N-dealkylation sites (tertiary alicyclic amines) is 1. The average molecular weight is 520 g/mol. The second-order valence-corrected chi connectivity index (χ2v) is 11.6. The van der Waals surface area contributed by atoms with Gasteiger partial charge in [-0.25, -0.2) is 0 Å². The van der Waals surface area contributed by atoms with Crippen molar-refractivity contribution in [3.05, 3.63) is 70.3 Å². The molecule has 8 heteroatoms. The van der Waals surface area contributed by atoms with Crippen molar-refractivity contribution in [2.75, 3.05) is 19.6 Å². The first-order valence-corrected chi connectivity index (χ1v) is 13.6. The Morgan fingerprint density at radius 2 is 1.79 bits per heavy atom. The van der Waals surface area contributed by atoms with Gasteiger partial charge in [0, 0.05) is 36.8 Å². The van der Waals surface area contributed by atoms with Crippen molar-refractivity contribution in [3.8, 4) is 0 Å². The third-order valence-corrected chi connectivity index (χ3v) is 8.73. The summed E-state index contributed by atoms with van der Waals surface area (Å²) in [6.07, 6.45) is 1.54. The maximum Gasteiger partial charge on any atom is 0.248 e. The van der Waals surface area contributed by atoms with E-state index < -0.39 is 11.8 Å². The first-order chi connectivity index (χ1) is 18.0. The normalized spacial score (nSPS) is 24.4. The van der Waals surface area contributed by atoms with Crippen molar-refractivity contribution in [2.24, 2.45) is 23.3 Å². The number of primary amides is 2. The van der Waals surface area contributed by atoms with E-state index in [1.807, 2.05) is 24.3 Å². The number of nitrogens with two attached hydrogens (primary N) is 2. The average Bonchev–Trinajstić information content (AvgIpc) is 2.89. The van der Waals surface area contributed by atoms with Crippen LogP contribution >= 0.6 is 0 Å². The number of carbonyl (C=O) groups is 3. The fourth-order valence-corrected chi connectivity index (χ4v) is 5.78. The van der Waals surface area contributed by atoms with Crippen molar-refractivity contribution in [1.29, 1.82) is 0 Å². The molecule has 38 heavy (non-hydrogen) atoms. The van der Waals surface area contributed by atoms with Gasteiger partial charge >= 0.3 is 0 Å². The van der Waals surface area contributed by atoms with Crippen LogP contribution < -0.4 is 22.1 Å². The summed E-state index contributed by atoms with van der Waals surface area (Å²) in [6, 6.07) is 12.9. The molecular formula is C30H41N5O3. The highest BCUT2D eigenvalue weighted by atomic mass is 16.2. The first kappa shape index (κ1) is 27.8. The Bertz CT molecular complexity index is 1210. The minimum Gasteiger partial charge on any atom is -0.366 e. The molecule has 1 fully saturated rings. The van der Waals surface area contributed by atoms with Gasteiger partial charge < -0.3 is 27.0 Å². The molecule has 2 aliphatic heterocycles. The highest BCUT2D eigenvalue weighted by molar-refractivity contribution is 5.93. The standard InChI is InChI=1S/C30H41N5O3/c1-18(2)26(34-29(38)25-14-20-8-9-22(28(32)37)12-23(20)15-33-25)17-35-11-10-30(4,19(3)16-35)24-7-5-6-21(13-24)27(31)36/h5-9,12-13,18-19,25-26,33H,10-11,14-17H2,1-4H3,(H2,31,36)(H2,32,37)(H,34,38)/t19-,25+,26+,30+/m0/s1. The van der Waals surface area contributed by atoms with Crippen molar-refractivity contribution in [1.82, 2.24) is 15.5 Å². The van der Waals surface area contributed by atoms with E-state index in [0.29, 0.717) is 30.0 Å². The predicted molar refractivity (Wildman–Crippen MR) is 149 cm³/mol. The molecule has 0 spiro atoms. The summed E-state index contributed by atoms with van der Waals surface area (Å²) in [5.41, 5.74) is 15.2. The van der Waals surface area contributed by atoms with Crippen molar-refractivity contribution >= 4 is 17.7 Å². The van der Waals surface area contributed by atoms with Crippen molar-refractivity contribution in [3.63, 3.8) is 0 Å².